The van der Waals surface area contributed by atoms with Gasteiger partial charge in [0.2, 0.25) is 0 Å². The van der Waals surface area contributed by atoms with Gasteiger partial charge in [-0.2, -0.15) is 5.06 Å². The molecule has 1 aliphatic carbocycles. The lowest BCUT2D eigenvalue weighted by atomic mass is 10.1. The molecule has 1 aromatic rings. The van der Waals surface area contributed by atoms with Crippen molar-refractivity contribution in [2.75, 3.05) is 6.61 Å². The van der Waals surface area contributed by atoms with Gasteiger partial charge < -0.3 is 9.57 Å². The maximum atomic E-state index is 12.1. The van der Waals surface area contributed by atoms with Crippen molar-refractivity contribution >= 4 is 11.9 Å². The quantitative estimate of drug-likeness (QED) is 0.852. The average Bonchev–Trinajstić information content (AvgIpc) is 2.87. The molecule has 0 bridgehead atoms. The van der Waals surface area contributed by atoms with Crippen molar-refractivity contribution < 1.29 is 19.2 Å². The van der Waals surface area contributed by atoms with Crippen molar-refractivity contribution in [1.82, 2.24) is 5.06 Å². The molecule has 5 heteroatoms. The van der Waals surface area contributed by atoms with Crippen molar-refractivity contribution in [3.05, 3.63) is 35.4 Å². The molecule has 1 saturated heterocycles. The summed E-state index contributed by atoms with van der Waals surface area (Å²) in [6.07, 6.45) is 2.64. The van der Waals surface area contributed by atoms with Gasteiger partial charge in [0.1, 0.15) is 12.6 Å². The third-order valence-electron chi connectivity index (χ3n) is 4.00. The molecule has 0 saturated carbocycles. The number of unbranched alkanes of at least 4 members (excludes halogenated alkanes) is 1. The second kappa shape index (κ2) is 5.85. The molecule has 21 heavy (non-hydrogen) atoms. The van der Waals surface area contributed by atoms with Gasteiger partial charge in [-0.3, -0.25) is 4.79 Å². The lowest BCUT2D eigenvalue weighted by Gasteiger charge is -2.35. The molecule has 3 rings (SSSR count). The van der Waals surface area contributed by atoms with Crippen LogP contribution < -0.4 is 0 Å². The maximum Gasteiger partial charge on any atom is 0.332 e. The Bertz CT molecular complexity index is 557. The largest absolute Gasteiger partial charge is 0.365 e. The lowest BCUT2D eigenvalue weighted by Crippen LogP contribution is -2.48. The Labute approximate surface area is 123 Å². The zero-order valence-electron chi connectivity index (χ0n) is 12.1. The van der Waals surface area contributed by atoms with Crippen molar-refractivity contribution in [3.63, 3.8) is 0 Å². The standard InChI is InChI=1S/C16H19NO4/c1-2-3-8-15(19)21-17-14(18)10-20-13-9-11-6-4-5-7-12(11)16(13)17/h4-7,13,16H,2-3,8-10H2,1H3/t13-,16+/m0/s1. The number of amides is 1. The number of nitrogens with zero attached hydrogens (tertiary/aromatic N) is 1. The molecule has 1 heterocycles. The van der Waals surface area contributed by atoms with Gasteiger partial charge in [-0.05, 0) is 17.5 Å². The van der Waals surface area contributed by atoms with Crippen LogP contribution >= 0.6 is 0 Å². The van der Waals surface area contributed by atoms with E-state index >= 15 is 0 Å². The van der Waals surface area contributed by atoms with Gasteiger partial charge >= 0.3 is 5.97 Å². The molecule has 0 unspecified atom stereocenters. The predicted octanol–water partition coefficient (Wildman–Crippen LogP) is 2.16. The smallest absolute Gasteiger partial charge is 0.332 e. The van der Waals surface area contributed by atoms with Crippen LogP contribution in [0.5, 0.6) is 0 Å². The van der Waals surface area contributed by atoms with E-state index in [1.807, 2.05) is 31.2 Å². The van der Waals surface area contributed by atoms with Gasteiger partial charge in [-0.15, -0.1) is 0 Å². The highest BCUT2D eigenvalue weighted by Gasteiger charge is 2.45. The summed E-state index contributed by atoms with van der Waals surface area (Å²) in [4.78, 5) is 29.3. The Kier molecular flexibility index (Phi) is 3.92. The van der Waals surface area contributed by atoms with E-state index in [-0.39, 0.29) is 30.6 Å². The van der Waals surface area contributed by atoms with E-state index in [1.165, 1.54) is 5.06 Å². The molecule has 0 radical (unpaired) electrons. The van der Waals surface area contributed by atoms with Crippen LogP contribution in [0, 0.1) is 0 Å². The van der Waals surface area contributed by atoms with Crippen LogP contribution in [0.1, 0.15) is 43.4 Å². The Balaban J connectivity index is 1.81. The summed E-state index contributed by atoms with van der Waals surface area (Å²) < 4.78 is 5.61. The van der Waals surface area contributed by atoms with Crippen LogP contribution in [-0.2, 0) is 25.6 Å². The minimum absolute atomic E-state index is 0.0315. The second-order valence-corrected chi connectivity index (χ2v) is 5.48. The molecule has 1 amide bonds. The van der Waals surface area contributed by atoms with Crippen LogP contribution in [0.25, 0.3) is 0 Å². The number of morpholine rings is 1. The van der Waals surface area contributed by atoms with Crippen LogP contribution in [0.4, 0.5) is 0 Å². The van der Waals surface area contributed by atoms with E-state index < -0.39 is 0 Å². The number of carbonyl (C=O) groups is 2. The second-order valence-electron chi connectivity index (χ2n) is 5.48. The molecule has 1 aliphatic heterocycles. The molecule has 2 atom stereocenters. The van der Waals surface area contributed by atoms with Crippen molar-refractivity contribution in [3.8, 4) is 0 Å². The summed E-state index contributed by atoms with van der Waals surface area (Å²) in [5.74, 6) is -0.645. The summed E-state index contributed by atoms with van der Waals surface area (Å²) in [6, 6.07) is 7.58. The molecular formula is C16H19NO4. The van der Waals surface area contributed by atoms with Gasteiger partial charge in [0.05, 0.1) is 6.10 Å². The minimum atomic E-state index is -0.352. The number of rotatable bonds is 4. The molecule has 1 aromatic carbocycles. The van der Waals surface area contributed by atoms with Crippen molar-refractivity contribution in [2.45, 2.75) is 44.8 Å². The van der Waals surface area contributed by atoms with E-state index in [1.54, 1.807) is 0 Å². The number of hydrogen-bond donors (Lipinski definition) is 0. The molecule has 112 valence electrons. The van der Waals surface area contributed by atoms with E-state index in [2.05, 4.69) is 0 Å². The zero-order chi connectivity index (χ0) is 14.8. The maximum absolute atomic E-state index is 12.1. The first kappa shape index (κ1) is 14.1. The summed E-state index contributed by atoms with van der Waals surface area (Å²) in [5.41, 5.74) is 2.16. The first-order valence-corrected chi connectivity index (χ1v) is 7.43. The Morgan fingerprint density at radius 3 is 3.05 bits per heavy atom. The van der Waals surface area contributed by atoms with Crippen LogP contribution in [0.2, 0.25) is 0 Å². The predicted molar refractivity (Wildman–Crippen MR) is 75.1 cm³/mol. The average molecular weight is 289 g/mol. The van der Waals surface area contributed by atoms with E-state index in [0.29, 0.717) is 6.42 Å². The fourth-order valence-corrected chi connectivity index (χ4v) is 2.95. The number of hydroxylamine groups is 2. The number of carbonyl (C=O) groups excluding carboxylic acids is 2. The third kappa shape index (κ3) is 2.65. The van der Waals surface area contributed by atoms with Gasteiger partial charge in [-0.25, -0.2) is 4.79 Å². The molecule has 0 N–H and O–H groups in total. The molecule has 0 spiro atoms. The molecule has 1 fully saturated rings. The summed E-state index contributed by atoms with van der Waals surface area (Å²) >= 11 is 0. The minimum Gasteiger partial charge on any atom is -0.365 e. The van der Waals surface area contributed by atoms with E-state index in [9.17, 15) is 9.59 Å². The molecule has 5 nitrogen and oxygen atoms in total. The normalized spacial score (nSPS) is 23.7. The highest BCUT2D eigenvalue weighted by Crippen LogP contribution is 2.40. The SMILES string of the molecule is CCCCC(=O)ON1C(=O)CO[C@H]2Cc3ccccc3[C@H]21. The first-order chi connectivity index (χ1) is 10.2. The Morgan fingerprint density at radius 2 is 2.24 bits per heavy atom. The van der Waals surface area contributed by atoms with Gasteiger partial charge in [0.15, 0.2) is 0 Å². The fourth-order valence-electron chi connectivity index (χ4n) is 2.95. The van der Waals surface area contributed by atoms with Crippen LogP contribution in [0.15, 0.2) is 24.3 Å². The number of benzene rings is 1. The summed E-state index contributed by atoms with van der Waals surface area (Å²) in [7, 11) is 0. The number of fused-ring (bicyclic) bond motifs is 3. The summed E-state index contributed by atoms with van der Waals surface area (Å²) in [6.45, 7) is 1.98. The first-order valence-electron chi connectivity index (χ1n) is 7.43. The number of ether oxygens (including phenoxy) is 1. The molecular weight excluding hydrogens is 270 g/mol. The Morgan fingerprint density at radius 1 is 1.43 bits per heavy atom. The third-order valence-corrected chi connectivity index (χ3v) is 4.00. The molecule has 2 aliphatic rings. The lowest BCUT2D eigenvalue weighted by molar-refractivity contribution is -0.233. The van der Waals surface area contributed by atoms with Crippen molar-refractivity contribution in [2.24, 2.45) is 0 Å². The van der Waals surface area contributed by atoms with Gasteiger partial charge in [0, 0.05) is 12.8 Å². The van der Waals surface area contributed by atoms with Crippen LogP contribution in [-0.4, -0.2) is 29.7 Å². The van der Waals surface area contributed by atoms with Gasteiger partial charge in [0.25, 0.3) is 5.91 Å². The Hall–Kier alpha value is -1.88. The topological polar surface area (TPSA) is 55.8 Å². The summed E-state index contributed by atoms with van der Waals surface area (Å²) in [5, 5.41) is 1.23. The monoisotopic (exact) mass is 289 g/mol. The highest BCUT2D eigenvalue weighted by atomic mass is 16.7. The van der Waals surface area contributed by atoms with Crippen molar-refractivity contribution in [1.29, 1.82) is 0 Å². The molecule has 0 aromatic heterocycles. The van der Waals surface area contributed by atoms with E-state index in [4.69, 9.17) is 9.57 Å². The zero-order valence-corrected chi connectivity index (χ0v) is 12.1. The van der Waals surface area contributed by atoms with Gasteiger partial charge in [-0.1, -0.05) is 37.6 Å². The fraction of sp³-hybridized carbons (Fsp3) is 0.500. The van der Waals surface area contributed by atoms with E-state index in [0.717, 1.165) is 30.4 Å². The number of hydrogen-bond acceptors (Lipinski definition) is 4. The van der Waals surface area contributed by atoms with Crippen LogP contribution in [0.3, 0.4) is 0 Å². The highest BCUT2D eigenvalue weighted by molar-refractivity contribution is 5.80.